The number of halogens is 4. The van der Waals surface area contributed by atoms with Crippen molar-refractivity contribution >= 4 is 50.7 Å². The number of carbonyl (C=O) groups is 1. The van der Waals surface area contributed by atoms with E-state index >= 15 is 0 Å². The van der Waals surface area contributed by atoms with E-state index in [2.05, 4.69) is 0 Å². The molecule has 2 fully saturated rings. The number of carboxylic acid groups (broad SMARTS) is 1. The number of hydrogen-bond acceptors (Lipinski definition) is 1. The van der Waals surface area contributed by atoms with Crippen LogP contribution in [0.4, 0.5) is 17.3 Å². The fraction of sp³-hybridized carbons (Fsp3) is 0.933. The minimum absolute atomic E-state index is 0. The van der Waals surface area contributed by atoms with Gasteiger partial charge in [0.2, 0.25) is 0 Å². The van der Waals surface area contributed by atoms with Crippen LogP contribution in [0.3, 0.4) is 0 Å². The van der Waals surface area contributed by atoms with Crippen molar-refractivity contribution in [2.75, 3.05) is 6.16 Å². The van der Waals surface area contributed by atoms with Crippen LogP contribution < -0.4 is 0 Å². The zero-order valence-corrected chi connectivity index (χ0v) is 14.4. The molecule has 24 heavy (non-hydrogen) atoms. The van der Waals surface area contributed by atoms with Gasteiger partial charge in [-0.15, -0.1) is 0 Å². The first-order valence-corrected chi connectivity index (χ1v) is 10.3. The molecule has 0 unspecified atom stereocenters. The Kier molecular flexibility index (Phi) is 13.3. The topological polar surface area (TPSA) is 37.3 Å². The Morgan fingerprint density at radius 1 is 0.875 bits per heavy atom. The van der Waals surface area contributed by atoms with Gasteiger partial charge in [0.05, 0.1) is 0 Å². The van der Waals surface area contributed by atoms with Gasteiger partial charge in [0.25, 0.3) is 0 Å². The van der Waals surface area contributed by atoms with Gasteiger partial charge in [-0.1, -0.05) is 46.4 Å². The van der Waals surface area contributed by atoms with Crippen LogP contribution in [0.15, 0.2) is 0 Å². The molecule has 2 saturated carbocycles. The molecule has 2 aliphatic rings. The summed E-state index contributed by atoms with van der Waals surface area (Å²) in [7, 11) is -6.01. The molecule has 0 spiro atoms. The Labute approximate surface area is 165 Å². The summed E-state index contributed by atoms with van der Waals surface area (Å²) in [5.74, 6) is -0.589. The molecule has 0 saturated heterocycles. The van der Waals surface area contributed by atoms with E-state index in [1.807, 2.05) is 0 Å². The van der Waals surface area contributed by atoms with Crippen molar-refractivity contribution in [2.24, 2.45) is 0 Å². The van der Waals surface area contributed by atoms with E-state index in [1.54, 1.807) is 0 Å². The first-order valence-electron chi connectivity index (χ1n) is 8.62. The average molecular weight is 381 g/mol. The molecular formula is C15H28BF4NaO2P-. The SMILES string of the molecule is F[B-](F)(F)F.O=C(O)CCP(C1CCCCC1)C1CCCCC1.[NaH]. The van der Waals surface area contributed by atoms with Crippen LogP contribution in [-0.2, 0) is 4.79 Å². The molecule has 0 atom stereocenters. The Morgan fingerprint density at radius 3 is 1.50 bits per heavy atom. The normalized spacial score (nSPS) is 20.0. The molecule has 2 aliphatic carbocycles. The molecule has 0 bridgehead atoms. The van der Waals surface area contributed by atoms with Crippen LogP contribution in [0.5, 0.6) is 0 Å². The van der Waals surface area contributed by atoms with E-state index in [1.165, 1.54) is 64.2 Å². The number of hydrogen-bond donors (Lipinski definition) is 1. The predicted molar refractivity (Wildman–Crippen MR) is 95.1 cm³/mol. The zero-order chi connectivity index (χ0) is 17.3. The second-order valence-corrected chi connectivity index (χ2v) is 9.40. The van der Waals surface area contributed by atoms with E-state index in [4.69, 9.17) is 5.11 Å². The summed E-state index contributed by atoms with van der Waals surface area (Å²) in [4.78, 5) is 10.9. The first-order chi connectivity index (χ1) is 10.8. The standard InChI is InChI=1S/C15H27O2P.BF4.Na.H/c16-15(17)11-12-18(13-7-3-1-4-8-13)14-9-5-2-6-10-14;2-1(3,4)5;;/h13-14H,1-12H2,(H,16,17);;;/q;-1;;. The molecule has 0 aromatic carbocycles. The van der Waals surface area contributed by atoms with E-state index in [0.717, 1.165) is 17.5 Å². The van der Waals surface area contributed by atoms with E-state index in [9.17, 15) is 22.1 Å². The van der Waals surface area contributed by atoms with Gasteiger partial charge in [-0.25, -0.2) is 0 Å². The molecule has 0 radical (unpaired) electrons. The van der Waals surface area contributed by atoms with Gasteiger partial charge in [-0.05, 0) is 43.2 Å². The van der Waals surface area contributed by atoms with Gasteiger partial charge in [-0.2, -0.15) is 0 Å². The molecule has 0 aromatic heterocycles. The fourth-order valence-corrected chi connectivity index (χ4v) is 7.55. The van der Waals surface area contributed by atoms with Gasteiger partial charge in [0, 0.05) is 6.42 Å². The third-order valence-corrected chi connectivity index (χ3v) is 8.32. The quantitative estimate of drug-likeness (QED) is 0.401. The van der Waals surface area contributed by atoms with Crippen LogP contribution in [0.1, 0.15) is 70.6 Å². The molecule has 0 amide bonds. The third kappa shape index (κ3) is 12.1. The molecule has 2 rings (SSSR count). The fourth-order valence-electron chi connectivity index (χ4n) is 3.71. The monoisotopic (exact) mass is 381 g/mol. The second-order valence-electron chi connectivity index (χ2n) is 6.46. The number of aliphatic carboxylic acids is 1. The molecule has 1 N–H and O–H groups in total. The Morgan fingerprint density at radius 2 is 1.21 bits per heavy atom. The molecular weight excluding hydrogens is 353 g/mol. The summed E-state index contributed by atoms with van der Waals surface area (Å²) in [5, 5.41) is 8.97. The Hall–Kier alpha value is 0.685. The molecule has 0 aromatic rings. The molecule has 0 heterocycles. The van der Waals surface area contributed by atoms with E-state index in [-0.39, 0.29) is 37.5 Å². The van der Waals surface area contributed by atoms with E-state index < -0.39 is 13.2 Å². The number of rotatable bonds is 5. The summed E-state index contributed by atoms with van der Waals surface area (Å²) < 4.78 is 39.0. The van der Waals surface area contributed by atoms with Gasteiger partial charge < -0.3 is 22.4 Å². The minimum atomic E-state index is -6.00. The second kappa shape index (κ2) is 12.9. The van der Waals surface area contributed by atoms with Gasteiger partial charge in [0.15, 0.2) is 0 Å². The van der Waals surface area contributed by atoms with Gasteiger partial charge in [0.1, 0.15) is 0 Å². The van der Waals surface area contributed by atoms with Crippen LogP contribution in [0.2, 0.25) is 0 Å². The average Bonchev–Trinajstić information content (AvgIpc) is 2.48. The number of carboxylic acids is 1. The Bertz CT molecular complexity index is 325. The summed E-state index contributed by atoms with van der Waals surface area (Å²) >= 11 is 0. The Balaban J connectivity index is 0.000000777. The zero-order valence-electron chi connectivity index (χ0n) is 13.5. The third-order valence-electron chi connectivity index (χ3n) is 4.67. The van der Waals surface area contributed by atoms with Crippen molar-refractivity contribution in [3.05, 3.63) is 0 Å². The van der Waals surface area contributed by atoms with Crippen molar-refractivity contribution < 1.29 is 27.2 Å². The first kappa shape index (κ1) is 24.7. The predicted octanol–water partition coefficient (Wildman–Crippen LogP) is 5.26. The van der Waals surface area contributed by atoms with Crippen molar-refractivity contribution in [3.63, 3.8) is 0 Å². The van der Waals surface area contributed by atoms with Gasteiger partial charge in [-0.3, -0.25) is 4.79 Å². The van der Waals surface area contributed by atoms with Crippen molar-refractivity contribution in [1.29, 1.82) is 0 Å². The van der Waals surface area contributed by atoms with Crippen LogP contribution in [-0.4, -0.2) is 65.4 Å². The molecule has 138 valence electrons. The van der Waals surface area contributed by atoms with Crippen molar-refractivity contribution in [3.8, 4) is 0 Å². The molecule has 0 aliphatic heterocycles. The maximum atomic E-state index is 10.9. The summed E-state index contributed by atoms with van der Waals surface area (Å²) in [6.07, 6.45) is 15.4. The van der Waals surface area contributed by atoms with Crippen molar-refractivity contribution in [2.45, 2.75) is 81.9 Å². The maximum absolute atomic E-state index is 10.9. The van der Waals surface area contributed by atoms with Crippen LogP contribution in [0, 0.1) is 0 Å². The van der Waals surface area contributed by atoms with Crippen molar-refractivity contribution in [1.82, 2.24) is 0 Å². The van der Waals surface area contributed by atoms with Crippen LogP contribution >= 0.6 is 7.92 Å². The summed E-state index contributed by atoms with van der Waals surface area (Å²) in [6.45, 7) is 0. The van der Waals surface area contributed by atoms with Gasteiger partial charge >= 0.3 is 42.8 Å². The molecule has 9 heteroatoms. The van der Waals surface area contributed by atoms with Crippen LogP contribution in [0.25, 0.3) is 0 Å². The van der Waals surface area contributed by atoms with E-state index in [0.29, 0.717) is 6.42 Å². The molecule has 2 nitrogen and oxygen atoms in total. The summed E-state index contributed by atoms with van der Waals surface area (Å²) in [5.41, 5.74) is 1.80. The summed E-state index contributed by atoms with van der Waals surface area (Å²) in [6, 6.07) is 0.